The molecule has 0 radical (unpaired) electrons. The number of thioether (sulfide) groups is 1. The average molecular weight is 479 g/mol. The number of esters is 1. The Morgan fingerprint density at radius 1 is 1.18 bits per heavy atom. The molecule has 0 unspecified atom stereocenters. The fourth-order valence-electron chi connectivity index (χ4n) is 3.31. The summed E-state index contributed by atoms with van der Waals surface area (Å²) in [6, 6.07) is 14.0. The number of ether oxygens (including phenoxy) is 2. The van der Waals surface area contributed by atoms with Gasteiger partial charge in [-0.25, -0.2) is 4.79 Å². The quantitative estimate of drug-likeness (QED) is 0.214. The van der Waals surface area contributed by atoms with Crippen molar-refractivity contribution in [2.24, 2.45) is 0 Å². The lowest BCUT2D eigenvalue weighted by Crippen LogP contribution is -2.15. The molecular formula is C24H22N4O5S. The number of fused-ring (bicyclic) bond motifs is 1. The largest absolute Gasteiger partial charge is 0.493 e. The van der Waals surface area contributed by atoms with Gasteiger partial charge in [0.1, 0.15) is 0 Å². The van der Waals surface area contributed by atoms with Gasteiger partial charge in [-0.15, -0.1) is 16.8 Å². The SMILES string of the molecule is C=CCn1c(SCC(=O)Nc2ccc(C(=O)OC)cc2)nnc1-c1cc2cccc(OC)c2o1. The molecule has 0 atom stereocenters. The Hall–Kier alpha value is -4.05. The normalized spacial score (nSPS) is 10.8. The van der Waals surface area contributed by atoms with E-state index in [-0.39, 0.29) is 11.7 Å². The number of hydrogen-bond acceptors (Lipinski definition) is 8. The van der Waals surface area contributed by atoms with Crippen molar-refractivity contribution in [3.05, 3.63) is 66.7 Å². The topological polar surface area (TPSA) is 108 Å². The van der Waals surface area contributed by atoms with Crippen molar-refractivity contribution < 1.29 is 23.5 Å². The summed E-state index contributed by atoms with van der Waals surface area (Å²) in [6.45, 7) is 4.25. The zero-order chi connectivity index (χ0) is 24.1. The van der Waals surface area contributed by atoms with E-state index in [9.17, 15) is 9.59 Å². The predicted molar refractivity (Wildman–Crippen MR) is 129 cm³/mol. The first-order valence-corrected chi connectivity index (χ1v) is 11.2. The number of carbonyl (C=O) groups excluding carboxylic acids is 2. The van der Waals surface area contributed by atoms with Crippen LogP contribution in [0.4, 0.5) is 5.69 Å². The van der Waals surface area contributed by atoms with Crippen LogP contribution in [0.3, 0.4) is 0 Å². The van der Waals surface area contributed by atoms with Crippen LogP contribution < -0.4 is 10.1 Å². The fourth-order valence-corrected chi connectivity index (χ4v) is 4.06. The van der Waals surface area contributed by atoms with Crippen LogP contribution in [-0.2, 0) is 16.1 Å². The standard InChI is InChI=1S/C24H22N4O5S/c1-4-12-28-22(19-13-16-6-5-7-18(31-2)21(16)33-19)26-27-24(28)34-14-20(29)25-17-10-8-15(9-11-17)23(30)32-3/h4-11,13H,1,12,14H2,2-3H3,(H,25,29). The molecule has 4 rings (SSSR count). The van der Waals surface area contributed by atoms with E-state index >= 15 is 0 Å². The number of amides is 1. The second-order valence-electron chi connectivity index (χ2n) is 7.10. The summed E-state index contributed by atoms with van der Waals surface area (Å²) in [6.07, 6.45) is 1.73. The number of methoxy groups -OCH3 is 2. The van der Waals surface area contributed by atoms with Gasteiger partial charge in [0.15, 0.2) is 22.2 Å². The molecule has 0 fully saturated rings. The summed E-state index contributed by atoms with van der Waals surface area (Å²) in [5.74, 6) is 1.15. The predicted octanol–water partition coefficient (Wildman–Crippen LogP) is 4.40. The number of aromatic nitrogens is 3. The molecule has 1 N–H and O–H groups in total. The lowest BCUT2D eigenvalue weighted by Gasteiger charge is -2.07. The third kappa shape index (κ3) is 4.81. The van der Waals surface area contributed by atoms with Crippen molar-refractivity contribution >= 4 is 40.3 Å². The van der Waals surface area contributed by atoms with E-state index in [1.165, 1.54) is 18.9 Å². The van der Waals surface area contributed by atoms with Crippen molar-refractivity contribution in [3.8, 4) is 17.3 Å². The molecule has 0 saturated heterocycles. The van der Waals surface area contributed by atoms with Gasteiger partial charge in [0.2, 0.25) is 11.7 Å². The van der Waals surface area contributed by atoms with Crippen molar-refractivity contribution in [2.45, 2.75) is 11.7 Å². The van der Waals surface area contributed by atoms with Gasteiger partial charge in [-0.2, -0.15) is 0 Å². The Morgan fingerprint density at radius 3 is 2.68 bits per heavy atom. The van der Waals surface area contributed by atoms with Gasteiger partial charge in [0.05, 0.1) is 25.5 Å². The minimum atomic E-state index is -0.436. The highest BCUT2D eigenvalue weighted by molar-refractivity contribution is 7.99. The molecule has 2 heterocycles. The molecular weight excluding hydrogens is 456 g/mol. The van der Waals surface area contributed by atoms with E-state index in [2.05, 4.69) is 26.8 Å². The van der Waals surface area contributed by atoms with Gasteiger partial charge in [-0.05, 0) is 36.4 Å². The Kier molecular flexibility index (Phi) is 6.98. The van der Waals surface area contributed by atoms with E-state index in [1.54, 1.807) is 37.5 Å². The summed E-state index contributed by atoms with van der Waals surface area (Å²) >= 11 is 1.25. The molecule has 10 heteroatoms. The monoisotopic (exact) mass is 478 g/mol. The van der Waals surface area contributed by atoms with Crippen LogP contribution >= 0.6 is 11.8 Å². The molecule has 34 heavy (non-hydrogen) atoms. The van der Waals surface area contributed by atoms with Crippen LogP contribution in [0.15, 0.2) is 70.8 Å². The molecule has 0 aliphatic rings. The summed E-state index contributed by atoms with van der Waals surface area (Å²) < 4.78 is 17.9. The molecule has 0 saturated carbocycles. The number of nitrogens with one attached hydrogen (secondary N) is 1. The lowest BCUT2D eigenvalue weighted by molar-refractivity contribution is -0.113. The summed E-state index contributed by atoms with van der Waals surface area (Å²) in [5, 5.41) is 12.8. The molecule has 2 aromatic heterocycles. The fraction of sp³-hybridized carbons (Fsp3) is 0.167. The molecule has 0 aliphatic heterocycles. The van der Waals surface area contributed by atoms with E-state index in [4.69, 9.17) is 9.15 Å². The van der Waals surface area contributed by atoms with Crippen LogP contribution in [0.2, 0.25) is 0 Å². The maximum Gasteiger partial charge on any atom is 0.337 e. The smallest absolute Gasteiger partial charge is 0.337 e. The molecule has 4 aromatic rings. The van der Waals surface area contributed by atoms with E-state index in [0.29, 0.717) is 45.9 Å². The van der Waals surface area contributed by atoms with Gasteiger partial charge in [0, 0.05) is 17.6 Å². The highest BCUT2D eigenvalue weighted by Gasteiger charge is 2.19. The van der Waals surface area contributed by atoms with Crippen molar-refractivity contribution in [1.29, 1.82) is 0 Å². The Labute approximate surface area is 199 Å². The maximum atomic E-state index is 12.5. The molecule has 1 amide bonds. The van der Waals surface area contributed by atoms with Crippen molar-refractivity contribution in [3.63, 3.8) is 0 Å². The third-order valence-electron chi connectivity index (χ3n) is 4.90. The van der Waals surface area contributed by atoms with Crippen LogP contribution in [0.5, 0.6) is 5.75 Å². The van der Waals surface area contributed by atoms with Crippen LogP contribution in [-0.4, -0.2) is 46.6 Å². The van der Waals surface area contributed by atoms with E-state index in [0.717, 1.165) is 5.39 Å². The maximum absolute atomic E-state index is 12.5. The molecule has 2 aromatic carbocycles. The number of rotatable bonds is 9. The number of carbonyl (C=O) groups is 2. The van der Waals surface area contributed by atoms with Crippen LogP contribution in [0.1, 0.15) is 10.4 Å². The second-order valence-corrected chi connectivity index (χ2v) is 8.04. The number of nitrogens with zero attached hydrogens (tertiary/aromatic N) is 3. The first-order valence-electron chi connectivity index (χ1n) is 10.3. The van der Waals surface area contributed by atoms with E-state index in [1.807, 2.05) is 28.8 Å². The first-order chi connectivity index (χ1) is 16.5. The molecule has 9 nitrogen and oxygen atoms in total. The zero-order valence-corrected chi connectivity index (χ0v) is 19.4. The lowest BCUT2D eigenvalue weighted by atomic mass is 10.2. The van der Waals surface area contributed by atoms with Crippen molar-refractivity contribution in [1.82, 2.24) is 14.8 Å². The van der Waals surface area contributed by atoms with Gasteiger partial charge in [-0.1, -0.05) is 30.0 Å². The van der Waals surface area contributed by atoms with Crippen LogP contribution in [0.25, 0.3) is 22.6 Å². The first kappa shape index (κ1) is 23.1. The highest BCUT2D eigenvalue weighted by Crippen LogP contribution is 2.33. The number of allylic oxidation sites excluding steroid dienone is 1. The second kappa shape index (κ2) is 10.3. The summed E-state index contributed by atoms with van der Waals surface area (Å²) in [4.78, 5) is 24.0. The number of furan rings is 1. The number of hydrogen-bond donors (Lipinski definition) is 1. The van der Waals surface area contributed by atoms with Gasteiger partial charge in [0.25, 0.3) is 0 Å². The van der Waals surface area contributed by atoms with Gasteiger partial charge >= 0.3 is 5.97 Å². The molecule has 0 aliphatic carbocycles. The van der Waals surface area contributed by atoms with Crippen LogP contribution in [0, 0.1) is 0 Å². The minimum Gasteiger partial charge on any atom is -0.493 e. The average Bonchev–Trinajstić information content (AvgIpc) is 3.46. The zero-order valence-electron chi connectivity index (χ0n) is 18.6. The summed E-state index contributed by atoms with van der Waals surface area (Å²) in [5.41, 5.74) is 1.60. The van der Waals surface area contributed by atoms with Gasteiger partial charge < -0.3 is 19.2 Å². The number of anilines is 1. The Bertz CT molecular complexity index is 1340. The minimum absolute atomic E-state index is 0.113. The van der Waals surface area contributed by atoms with Gasteiger partial charge in [-0.3, -0.25) is 9.36 Å². The highest BCUT2D eigenvalue weighted by atomic mass is 32.2. The molecule has 174 valence electrons. The van der Waals surface area contributed by atoms with Crippen molar-refractivity contribution in [2.75, 3.05) is 25.3 Å². The molecule has 0 bridgehead atoms. The third-order valence-corrected chi connectivity index (χ3v) is 5.87. The summed E-state index contributed by atoms with van der Waals surface area (Å²) in [7, 11) is 2.90. The number of benzene rings is 2. The Morgan fingerprint density at radius 2 is 1.97 bits per heavy atom. The molecule has 0 spiro atoms. The van der Waals surface area contributed by atoms with E-state index < -0.39 is 5.97 Å². The Balaban J connectivity index is 1.48. The number of para-hydroxylation sites is 1.